The van der Waals surface area contributed by atoms with Gasteiger partial charge in [-0.15, -0.1) is 0 Å². The van der Waals surface area contributed by atoms with Crippen molar-refractivity contribution in [1.29, 1.82) is 0 Å². The summed E-state index contributed by atoms with van der Waals surface area (Å²) in [4.78, 5) is 8.18. The number of hydrogen-bond donors (Lipinski definition) is 1. The van der Waals surface area contributed by atoms with E-state index in [1.54, 1.807) is 12.3 Å². The highest BCUT2D eigenvalue weighted by atomic mass is 16.5. The summed E-state index contributed by atoms with van der Waals surface area (Å²) in [6, 6.07) is 1.80. The van der Waals surface area contributed by atoms with Crippen LogP contribution in [0.5, 0.6) is 0 Å². The third-order valence-electron chi connectivity index (χ3n) is 2.35. The van der Waals surface area contributed by atoms with Crippen LogP contribution in [0.1, 0.15) is 12.7 Å². The molecule has 1 N–H and O–H groups in total. The zero-order valence-corrected chi connectivity index (χ0v) is 9.04. The Labute approximate surface area is 95.9 Å². The summed E-state index contributed by atoms with van der Waals surface area (Å²) in [5.74, 6) is 2.09. The number of nitrogens with one attached hydrogen (secondary N) is 1. The second kappa shape index (κ2) is 3.85. The molecule has 0 aliphatic heterocycles. The second-order valence-electron chi connectivity index (χ2n) is 3.37. The molecule has 0 bridgehead atoms. The topological polar surface area (TPSA) is 93.6 Å². The number of H-pyrrole nitrogens is 1. The highest BCUT2D eigenvalue weighted by molar-refractivity contribution is 5.57. The SMILES string of the molecule is CCc1occc1-c1nc(-c2ncn[nH]2)no1. The molecule has 0 radical (unpaired) electrons. The maximum absolute atomic E-state index is 5.30. The van der Waals surface area contributed by atoms with Gasteiger partial charge in [0.2, 0.25) is 5.82 Å². The van der Waals surface area contributed by atoms with Gasteiger partial charge in [0.15, 0.2) is 5.82 Å². The highest BCUT2D eigenvalue weighted by Gasteiger charge is 2.16. The molecule has 0 saturated heterocycles. The first-order valence-corrected chi connectivity index (χ1v) is 5.14. The third-order valence-corrected chi connectivity index (χ3v) is 2.35. The molecule has 0 atom stereocenters. The normalized spacial score (nSPS) is 10.9. The molecular weight excluding hydrogens is 222 g/mol. The fraction of sp³-hybridized carbons (Fsp3) is 0.200. The van der Waals surface area contributed by atoms with Crippen molar-refractivity contribution >= 4 is 0 Å². The monoisotopic (exact) mass is 231 g/mol. The molecule has 0 amide bonds. The van der Waals surface area contributed by atoms with E-state index in [1.165, 1.54) is 6.33 Å². The fourth-order valence-electron chi connectivity index (χ4n) is 1.55. The molecule has 0 aromatic carbocycles. The van der Waals surface area contributed by atoms with Gasteiger partial charge in [0.05, 0.1) is 11.8 Å². The predicted molar refractivity (Wildman–Crippen MR) is 56.8 cm³/mol. The molecule has 86 valence electrons. The fourth-order valence-corrected chi connectivity index (χ4v) is 1.55. The van der Waals surface area contributed by atoms with Crippen LogP contribution in [0.25, 0.3) is 23.1 Å². The van der Waals surface area contributed by atoms with Crippen molar-refractivity contribution in [2.75, 3.05) is 0 Å². The second-order valence-corrected chi connectivity index (χ2v) is 3.37. The molecule has 3 aromatic heterocycles. The van der Waals surface area contributed by atoms with E-state index in [-0.39, 0.29) is 0 Å². The lowest BCUT2D eigenvalue weighted by atomic mass is 10.2. The number of furan rings is 1. The van der Waals surface area contributed by atoms with Gasteiger partial charge in [-0.25, -0.2) is 4.98 Å². The number of nitrogens with zero attached hydrogens (tertiary/aromatic N) is 4. The molecule has 7 nitrogen and oxygen atoms in total. The summed E-state index contributed by atoms with van der Waals surface area (Å²) in [5.41, 5.74) is 0.811. The van der Waals surface area contributed by atoms with Gasteiger partial charge in [-0.05, 0) is 6.07 Å². The minimum absolute atomic E-state index is 0.376. The lowest BCUT2D eigenvalue weighted by molar-refractivity contribution is 0.429. The smallest absolute Gasteiger partial charge is 0.261 e. The molecule has 7 heteroatoms. The van der Waals surface area contributed by atoms with E-state index in [0.717, 1.165) is 17.7 Å². The van der Waals surface area contributed by atoms with Crippen molar-refractivity contribution in [2.45, 2.75) is 13.3 Å². The van der Waals surface area contributed by atoms with Gasteiger partial charge in [-0.2, -0.15) is 10.1 Å². The van der Waals surface area contributed by atoms with Crippen LogP contribution in [0.2, 0.25) is 0 Å². The van der Waals surface area contributed by atoms with E-state index in [4.69, 9.17) is 8.94 Å². The van der Waals surface area contributed by atoms with Gasteiger partial charge in [-0.3, -0.25) is 5.10 Å². The first-order chi connectivity index (χ1) is 8.38. The first-order valence-electron chi connectivity index (χ1n) is 5.14. The molecule has 0 unspecified atom stereocenters. The van der Waals surface area contributed by atoms with Crippen LogP contribution in [-0.2, 0) is 6.42 Å². The van der Waals surface area contributed by atoms with Crippen molar-refractivity contribution in [3.63, 3.8) is 0 Å². The Kier molecular flexibility index (Phi) is 2.21. The van der Waals surface area contributed by atoms with E-state index in [9.17, 15) is 0 Å². The number of rotatable bonds is 3. The van der Waals surface area contributed by atoms with Crippen LogP contribution in [0.15, 0.2) is 27.6 Å². The predicted octanol–water partition coefficient (Wildman–Crippen LogP) is 1.68. The Morgan fingerprint density at radius 2 is 2.35 bits per heavy atom. The van der Waals surface area contributed by atoms with Gasteiger partial charge >= 0.3 is 0 Å². The zero-order chi connectivity index (χ0) is 11.7. The molecule has 0 saturated carbocycles. The Morgan fingerprint density at radius 1 is 1.41 bits per heavy atom. The lowest BCUT2D eigenvalue weighted by Crippen LogP contribution is -1.84. The van der Waals surface area contributed by atoms with Crippen molar-refractivity contribution < 1.29 is 8.94 Å². The van der Waals surface area contributed by atoms with E-state index in [0.29, 0.717) is 17.5 Å². The molecule has 3 rings (SSSR count). The van der Waals surface area contributed by atoms with Crippen molar-refractivity contribution in [3.8, 4) is 23.1 Å². The average molecular weight is 231 g/mol. The minimum Gasteiger partial charge on any atom is -0.469 e. The van der Waals surface area contributed by atoms with E-state index in [1.807, 2.05) is 6.92 Å². The lowest BCUT2D eigenvalue weighted by Gasteiger charge is -1.91. The quantitative estimate of drug-likeness (QED) is 0.736. The molecule has 0 aliphatic rings. The third kappa shape index (κ3) is 1.61. The van der Waals surface area contributed by atoms with Crippen LogP contribution < -0.4 is 0 Å². The summed E-state index contributed by atoms with van der Waals surface area (Å²) in [6.45, 7) is 2.00. The van der Waals surface area contributed by atoms with Gasteiger partial charge in [-0.1, -0.05) is 12.1 Å². The van der Waals surface area contributed by atoms with E-state index in [2.05, 4.69) is 25.3 Å². The number of aryl methyl sites for hydroxylation is 1. The van der Waals surface area contributed by atoms with Crippen molar-refractivity contribution in [1.82, 2.24) is 25.3 Å². The standard InChI is InChI=1S/C10H9N5O2/c1-2-7-6(3-4-16-7)10-13-9(15-17-10)8-11-5-12-14-8/h3-5H,2H2,1H3,(H,11,12,14). The maximum atomic E-state index is 5.30. The summed E-state index contributed by atoms with van der Waals surface area (Å²) in [6.07, 6.45) is 3.76. The van der Waals surface area contributed by atoms with Crippen LogP contribution in [0.4, 0.5) is 0 Å². The average Bonchev–Trinajstić information content (AvgIpc) is 3.09. The molecule has 3 heterocycles. The van der Waals surface area contributed by atoms with Gasteiger partial charge in [0, 0.05) is 6.42 Å². The minimum atomic E-state index is 0.376. The van der Waals surface area contributed by atoms with Gasteiger partial charge in [0.1, 0.15) is 12.1 Å². The molecular formula is C10H9N5O2. The zero-order valence-electron chi connectivity index (χ0n) is 9.04. The highest BCUT2D eigenvalue weighted by Crippen LogP contribution is 2.25. The molecule has 17 heavy (non-hydrogen) atoms. The van der Waals surface area contributed by atoms with Gasteiger partial charge in [0.25, 0.3) is 5.89 Å². The number of hydrogen-bond acceptors (Lipinski definition) is 6. The van der Waals surface area contributed by atoms with Crippen LogP contribution in [-0.4, -0.2) is 25.3 Å². The van der Waals surface area contributed by atoms with Crippen molar-refractivity contribution in [2.24, 2.45) is 0 Å². The summed E-state index contributed by atoms with van der Waals surface area (Å²) < 4.78 is 10.5. The first kappa shape index (κ1) is 9.76. The van der Waals surface area contributed by atoms with Crippen molar-refractivity contribution in [3.05, 3.63) is 24.4 Å². The van der Waals surface area contributed by atoms with E-state index >= 15 is 0 Å². The Hall–Kier alpha value is -2.44. The van der Waals surface area contributed by atoms with Crippen LogP contribution >= 0.6 is 0 Å². The van der Waals surface area contributed by atoms with Gasteiger partial charge < -0.3 is 8.94 Å². The Balaban J connectivity index is 2.01. The molecule has 0 fully saturated rings. The van der Waals surface area contributed by atoms with Crippen LogP contribution in [0, 0.1) is 0 Å². The largest absolute Gasteiger partial charge is 0.469 e. The Morgan fingerprint density at radius 3 is 3.12 bits per heavy atom. The van der Waals surface area contributed by atoms with E-state index < -0.39 is 0 Å². The summed E-state index contributed by atoms with van der Waals surface area (Å²) in [7, 11) is 0. The number of aromatic amines is 1. The summed E-state index contributed by atoms with van der Waals surface area (Å²) >= 11 is 0. The summed E-state index contributed by atoms with van der Waals surface area (Å²) in [5, 5.41) is 10.2. The Bertz CT molecular complexity index is 610. The number of aromatic nitrogens is 5. The van der Waals surface area contributed by atoms with Crippen LogP contribution in [0.3, 0.4) is 0 Å². The molecule has 0 spiro atoms. The molecule has 3 aromatic rings. The maximum Gasteiger partial charge on any atom is 0.261 e. The molecule has 0 aliphatic carbocycles.